The Hall–Kier alpha value is -3.71. The van der Waals surface area contributed by atoms with Gasteiger partial charge in [0.1, 0.15) is 16.3 Å². The first kappa shape index (κ1) is 20.6. The summed E-state index contributed by atoms with van der Waals surface area (Å²) in [5.74, 6) is 0.626. The summed E-state index contributed by atoms with van der Waals surface area (Å²) in [5, 5.41) is 13.4. The summed E-state index contributed by atoms with van der Waals surface area (Å²) in [4.78, 5) is 20.2. The van der Waals surface area contributed by atoms with E-state index in [1.807, 2.05) is 6.92 Å². The Kier molecular flexibility index (Phi) is 5.44. The van der Waals surface area contributed by atoms with Crippen LogP contribution in [0.1, 0.15) is 30.4 Å². The van der Waals surface area contributed by atoms with Gasteiger partial charge in [0.2, 0.25) is 5.88 Å². The van der Waals surface area contributed by atoms with Crippen molar-refractivity contribution in [2.45, 2.75) is 19.3 Å². The van der Waals surface area contributed by atoms with Crippen molar-refractivity contribution < 1.29 is 14.2 Å². The number of H-pyrrole nitrogens is 1. The predicted octanol–water partition coefficient (Wildman–Crippen LogP) is 3.04. The summed E-state index contributed by atoms with van der Waals surface area (Å²) in [5.41, 5.74) is 7.22. The molecule has 0 radical (unpaired) electrons. The second-order valence-electron chi connectivity index (χ2n) is 6.83. The topological polar surface area (TPSA) is 135 Å². The van der Waals surface area contributed by atoms with Crippen LogP contribution >= 0.6 is 11.3 Å². The molecule has 0 saturated heterocycles. The molecule has 4 N–H and O–H groups in total. The maximum absolute atomic E-state index is 13.1. The number of nitriles is 1. The summed E-state index contributed by atoms with van der Waals surface area (Å²) in [6, 6.07) is 7.42. The molecule has 0 aliphatic carbocycles. The Balaban J connectivity index is 1.94. The molecule has 3 heterocycles. The number of nitrogens with zero attached hydrogens (tertiary/aromatic N) is 2. The number of hydrogen-bond donors (Lipinski definition) is 3. The van der Waals surface area contributed by atoms with Crippen LogP contribution in [-0.2, 0) is 0 Å². The molecule has 1 aromatic carbocycles. The highest BCUT2D eigenvalue weighted by atomic mass is 32.1. The van der Waals surface area contributed by atoms with Gasteiger partial charge in [-0.3, -0.25) is 4.79 Å². The van der Waals surface area contributed by atoms with Crippen molar-refractivity contribution in [2.75, 3.05) is 26.1 Å². The van der Waals surface area contributed by atoms with Gasteiger partial charge >= 0.3 is 0 Å². The molecule has 1 aliphatic heterocycles. The average Bonchev–Trinajstić information content (AvgIpc) is 3.20. The van der Waals surface area contributed by atoms with Crippen LogP contribution in [0.5, 0.6) is 17.2 Å². The molecule has 1 aliphatic rings. The minimum atomic E-state index is -0.726. The van der Waals surface area contributed by atoms with Gasteiger partial charge < -0.3 is 30.2 Å². The van der Waals surface area contributed by atoms with Crippen LogP contribution in [0.3, 0.4) is 0 Å². The number of aromatic amines is 1. The van der Waals surface area contributed by atoms with Crippen molar-refractivity contribution in [1.82, 2.24) is 9.97 Å². The van der Waals surface area contributed by atoms with Gasteiger partial charge in [-0.15, -0.1) is 0 Å². The number of fused-ring (bicyclic) bond motifs is 3. The molecule has 31 heavy (non-hydrogen) atoms. The Morgan fingerprint density at radius 3 is 2.90 bits per heavy atom. The third kappa shape index (κ3) is 3.43. The van der Waals surface area contributed by atoms with Crippen LogP contribution in [0.4, 0.5) is 5.13 Å². The Labute approximate surface area is 182 Å². The van der Waals surface area contributed by atoms with Crippen molar-refractivity contribution in [2.24, 2.45) is 5.73 Å². The molecule has 1 unspecified atom stereocenters. The summed E-state index contributed by atoms with van der Waals surface area (Å²) in [6.45, 7) is 2.56. The molecule has 9 nitrogen and oxygen atoms in total. The van der Waals surface area contributed by atoms with E-state index in [1.54, 1.807) is 25.2 Å². The summed E-state index contributed by atoms with van der Waals surface area (Å²) >= 11 is 1.32. The van der Waals surface area contributed by atoms with E-state index < -0.39 is 11.5 Å². The van der Waals surface area contributed by atoms with Crippen LogP contribution in [0.15, 0.2) is 34.4 Å². The first-order chi connectivity index (χ1) is 15.0. The Bertz CT molecular complexity index is 1290. The number of aromatic nitrogens is 2. The normalized spacial score (nSPS) is 15.2. The minimum absolute atomic E-state index is 0.0448. The quantitative estimate of drug-likeness (QED) is 0.533. The van der Waals surface area contributed by atoms with Crippen molar-refractivity contribution in [3.05, 3.63) is 51.1 Å². The number of anilines is 1. The van der Waals surface area contributed by atoms with E-state index >= 15 is 0 Å². The molecule has 10 heteroatoms. The van der Waals surface area contributed by atoms with Gasteiger partial charge in [-0.25, -0.2) is 4.98 Å². The molecule has 1 atom stereocenters. The third-order valence-electron chi connectivity index (χ3n) is 4.93. The standard InChI is InChI=1S/C21H21N5O4S/c1-4-7-29-12-6-5-10(8-13(12)28-3)14-11(9-22)18(23)30-16-15(14)20(27)25-19-17(16)31-21(24-2)26-19/h5-6,8,14H,4,7,23H2,1-3H3,(H2,24,25,26,27). The lowest BCUT2D eigenvalue weighted by atomic mass is 9.84. The van der Waals surface area contributed by atoms with Crippen molar-refractivity contribution in [3.63, 3.8) is 0 Å². The maximum Gasteiger partial charge on any atom is 0.257 e. The van der Waals surface area contributed by atoms with Crippen LogP contribution in [0.25, 0.3) is 10.3 Å². The molecule has 4 rings (SSSR count). The van der Waals surface area contributed by atoms with E-state index in [0.717, 1.165) is 6.42 Å². The largest absolute Gasteiger partial charge is 0.493 e. The predicted molar refractivity (Wildman–Crippen MR) is 118 cm³/mol. The summed E-state index contributed by atoms with van der Waals surface area (Å²) < 4.78 is 17.6. The van der Waals surface area contributed by atoms with Crippen molar-refractivity contribution in [1.29, 1.82) is 5.26 Å². The fraction of sp³-hybridized carbons (Fsp3) is 0.286. The number of hydrogen-bond acceptors (Lipinski definition) is 9. The van der Waals surface area contributed by atoms with Crippen LogP contribution in [0, 0.1) is 11.3 Å². The maximum atomic E-state index is 13.1. The van der Waals surface area contributed by atoms with Gasteiger partial charge in [0.15, 0.2) is 28.0 Å². The van der Waals surface area contributed by atoms with Gasteiger partial charge in [0, 0.05) is 7.05 Å². The van der Waals surface area contributed by atoms with Gasteiger partial charge in [-0.1, -0.05) is 24.3 Å². The number of allylic oxidation sites excluding steroid dienone is 1. The molecule has 0 spiro atoms. The molecule has 2 aromatic heterocycles. The lowest BCUT2D eigenvalue weighted by Gasteiger charge is -2.26. The van der Waals surface area contributed by atoms with E-state index in [-0.39, 0.29) is 11.5 Å². The van der Waals surface area contributed by atoms with E-state index in [1.165, 1.54) is 18.4 Å². The van der Waals surface area contributed by atoms with Crippen LogP contribution in [-0.4, -0.2) is 30.7 Å². The van der Waals surface area contributed by atoms with Gasteiger partial charge in [-0.05, 0) is 24.1 Å². The van der Waals surface area contributed by atoms with Gasteiger partial charge in [0.25, 0.3) is 5.56 Å². The van der Waals surface area contributed by atoms with Gasteiger partial charge in [0.05, 0.1) is 25.2 Å². The number of methoxy groups -OCH3 is 1. The highest BCUT2D eigenvalue weighted by Gasteiger charge is 2.36. The molecule has 160 valence electrons. The molecule has 0 bridgehead atoms. The highest BCUT2D eigenvalue weighted by molar-refractivity contribution is 7.22. The molecule has 0 saturated carbocycles. The molecular weight excluding hydrogens is 418 g/mol. The highest BCUT2D eigenvalue weighted by Crippen LogP contribution is 2.46. The zero-order chi connectivity index (χ0) is 22.1. The first-order valence-corrected chi connectivity index (χ1v) is 10.5. The lowest BCUT2D eigenvalue weighted by molar-refractivity contribution is 0.294. The van der Waals surface area contributed by atoms with E-state index in [0.29, 0.717) is 50.5 Å². The number of thiazole rings is 1. The third-order valence-corrected chi connectivity index (χ3v) is 6.00. The number of pyridine rings is 1. The Morgan fingerprint density at radius 1 is 1.42 bits per heavy atom. The number of rotatable bonds is 6. The fourth-order valence-electron chi connectivity index (χ4n) is 3.53. The van der Waals surface area contributed by atoms with E-state index in [9.17, 15) is 10.1 Å². The number of nitrogens with two attached hydrogens (primary N) is 1. The molecular formula is C21H21N5O4S. The lowest BCUT2D eigenvalue weighted by Crippen LogP contribution is -2.27. The van der Waals surface area contributed by atoms with Crippen molar-refractivity contribution >= 4 is 26.8 Å². The smallest absolute Gasteiger partial charge is 0.257 e. The van der Waals surface area contributed by atoms with E-state index in [4.69, 9.17) is 19.9 Å². The fourth-order valence-corrected chi connectivity index (χ4v) is 4.40. The molecule has 0 amide bonds. The van der Waals surface area contributed by atoms with Gasteiger partial charge in [-0.2, -0.15) is 5.26 Å². The summed E-state index contributed by atoms with van der Waals surface area (Å²) in [6.07, 6.45) is 0.852. The van der Waals surface area contributed by atoms with E-state index in [2.05, 4.69) is 21.4 Å². The number of benzene rings is 1. The Morgan fingerprint density at radius 2 is 2.23 bits per heavy atom. The second kappa shape index (κ2) is 8.20. The van der Waals surface area contributed by atoms with Crippen molar-refractivity contribution in [3.8, 4) is 23.3 Å². The first-order valence-electron chi connectivity index (χ1n) is 9.65. The van der Waals surface area contributed by atoms with Crippen LogP contribution < -0.4 is 30.8 Å². The number of ether oxygens (including phenoxy) is 3. The monoisotopic (exact) mass is 439 g/mol. The zero-order valence-electron chi connectivity index (χ0n) is 17.2. The summed E-state index contributed by atoms with van der Waals surface area (Å²) in [7, 11) is 3.28. The average molecular weight is 439 g/mol. The zero-order valence-corrected chi connectivity index (χ0v) is 18.1. The number of nitrogens with one attached hydrogen (secondary N) is 2. The molecule has 0 fully saturated rings. The SMILES string of the molecule is CCCOc1ccc(C2C(C#N)=C(N)Oc3c2c(=O)[nH]c2nc(NC)sc32)cc1OC. The van der Waals surface area contributed by atoms with Crippen LogP contribution in [0.2, 0.25) is 0 Å². The second-order valence-corrected chi connectivity index (χ2v) is 7.83. The molecule has 3 aromatic rings. The minimum Gasteiger partial charge on any atom is -0.493 e.